The van der Waals surface area contributed by atoms with E-state index in [1.165, 1.54) is 28.5 Å². The second-order valence-corrected chi connectivity index (χ2v) is 13.2. The Kier molecular flexibility index (Phi) is 8.27. The highest BCUT2D eigenvalue weighted by Gasteiger charge is 2.22. The monoisotopic (exact) mass is 578 g/mol. The summed E-state index contributed by atoms with van der Waals surface area (Å²) in [4.78, 5) is 20.2. The molecular formula is C34H38N6OS. The summed E-state index contributed by atoms with van der Waals surface area (Å²) in [5, 5.41) is 13.7. The number of hydrogen-bond acceptors (Lipinski definition) is 6. The summed E-state index contributed by atoms with van der Waals surface area (Å²) in [7, 11) is 0. The van der Waals surface area contributed by atoms with E-state index in [1.54, 1.807) is 0 Å². The van der Waals surface area contributed by atoms with Crippen molar-refractivity contribution in [2.75, 3.05) is 18.8 Å². The number of carbonyl (C=O) groups is 1. The minimum atomic E-state index is 0.0182. The van der Waals surface area contributed by atoms with E-state index in [0.29, 0.717) is 11.7 Å². The van der Waals surface area contributed by atoms with Crippen LogP contribution in [-0.4, -0.2) is 55.4 Å². The summed E-state index contributed by atoms with van der Waals surface area (Å²) < 4.78 is 2.21. The molecule has 3 heterocycles. The third-order valence-corrected chi connectivity index (χ3v) is 8.89. The number of rotatable bonds is 8. The van der Waals surface area contributed by atoms with Gasteiger partial charge in [-0.1, -0.05) is 105 Å². The number of amides is 1. The van der Waals surface area contributed by atoms with Crippen LogP contribution < -0.4 is 5.32 Å². The van der Waals surface area contributed by atoms with Crippen LogP contribution in [0.15, 0.2) is 84.0 Å². The third kappa shape index (κ3) is 6.50. The van der Waals surface area contributed by atoms with Crippen LogP contribution in [0.3, 0.4) is 0 Å². The maximum atomic E-state index is 12.8. The summed E-state index contributed by atoms with van der Waals surface area (Å²) in [6.45, 7) is 10.3. The van der Waals surface area contributed by atoms with Crippen molar-refractivity contribution in [3.63, 3.8) is 0 Å². The maximum Gasteiger partial charge on any atom is 0.230 e. The molecular weight excluding hydrogens is 540 g/mol. The van der Waals surface area contributed by atoms with Crippen LogP contribution in [0.4, 0.5) is 0 Å². The molecule has 7 nitrogen and oxygen atoms in total. The molecule has 3 aromatic carbocycles. The number of benzene rings is 3. The van der Waals surface area contributed by atoms with Crippen molar-refractivity contribution in [1.82, 2.24) is 30.0 Å². The molecule has 1 N–H and O–H groups in total. The summed E-state index contributed by atoms with van der Waals surface area (Å²) in [6.07, 6.45) is 1.92. The van der Waals surface area contributed by atoms with Crippen LogP contribution in [-0.2, 0) is 23.3 Å². The van der Waals surface area contributed by atoms with Crippen molar-refractivity contribution in [2.24, 2.45) is 0 Å². The number of hydrogen-bond donors (Lipinski definition) is 1. The fourth-order valence-corrected chi connectivity index (χ4v) is 6.27. The average Bonchev–Trinajstić information content (AvgIpc) is 3.30. The van der Waals surface area contributed by atoms with Crippen LogP contribution >= 0.6 is 11.8 Å². The van der Waals surface area contributed by atoms with Gasteiger partial charge in [-0.2, -0.15) is 0 Å². The van der Waals surface area contributed by atoms with Crippen LogP contribution in [0.2, 0.25) is 0 Å². The Hall–Kier alpha value is -3.75. The molecule has 42 heavy (non-hydrogen) atoms. The number of nitrogens with zero attached hydrogens (tertiary/aromatic N) is 5. The number of carbonyl (C=O) groups excluding carboxylic acids is 1. The number of para-hydroxylation sites is 1. The Morgan fingerprint density at radius 3 is 2.31 bits per heavy atom. The second-order valence-electron chi connectivity index (χ2n) is 12.2. The fraction of sp³-hybridized carbons (Fsp3) is 0.353. The van der Waals surface area contributed by atoms with Crippen LogP contribution in [0.1, 0.15) is 50.3 Å². The smallest absolute Gasteiger partial charge is 0.230 e. The average molecular weight is 579 g/mol. The molecule has 0 atom stereocenters. The van der Waals surface area contributed by atoms with Crippen LogP contribution in [0.25, 0.3) is 22.1 Å². The zero-order valence-corrected chi connectivity index (χ0v) is 25.4. The van der Waals surface area contributed by atoms with Crippen LogP contribution in [0, 0.1) is 0 Å². The quantitative estimate of drug-likeness (QED) is 0.221. The van der Waals surface area contributed by atoms with Crippen molar-refractivity contribution in [2.45, 2.75) is 63.3 Å². The molecule has 1 saturated heterocycles. The molecule has 0 aliphatic carbocycles. The van der Waals surface area contributed by atoms with E-state index in [-0.39, 0.29) is 23.1 Å². The lowest BCUT2D eigenvalue weighted by Crippen LogP contribution is -2.44. The molecule has 0 unspecified atom stereocenters. The lowest BCUT2D eigenvalue weighted by Gasteiger charge is -2.32. The Morgan fingerprint density at radius 2 is 1.57 bits per heavy atom. The number of aromatic nitrogens is 4. The van der Waals surface area contributed by atoms with Gasteiger partial charge in [-0.05, 0) is 41.0 Å². The van der Waals surface area contributed by atoms with E-state index < -0.39 is 0 Å². The fourth-order valence-electron chi connectivity index (χ4n) is 5.68. The predicted octanol–water partition coefficient (Wildman–Crippen LogP) is 6.20. The molecule has 2 aromatic heterocycles. The van der Waals surface area contributed by atoms with Gasteiger partial charge in [0, 0.05) is 37.6 Å². The van der Waals surface area contributed by atoms with Gasteiger partial charge in [-0.15, -0.1) is 10.2 Å². The van der Waals surface area contributed by atoms with Crippen molar-refractivity contribution >= 4 is 39.7 Å². The molecule has 0 radical (unpaired) electrons. The first-order chi connectivity index (χ1) is 20.3. The molecule has 1 amide bonds. The highest BCUT2D eigenvalue weighted by Crippen LogP contribution is 2.29. The number of nitrogens with one attached hydrogen (secondary N) is 1. The van der Waals surface area contributed by atoms with E-state index in [2.05, 4.69) is 112 Å². The first kappa shape index (κ1) is 28.4. The predicted molar refractivity (Wildman–Crippen MR) is 171 cm³/mol. The van der Waals surface area contributed by atoms with Gasteiger partial charge in [-0.25, -0.2) is 4.98 Å². The molecule has 1 aliphatic rings. The molecule has 0 spiro atoms. The van der Waals surface area contributed by atoms with Gasteiger partial charge in [0.25, 0.3) is 0 Å². The van der Waals surface area contributed by atoms with Gasteiger partial charge >= 0.3 is 0 Å². The lowest BCUT2D eigenvalue weighted by molar-refractivity contribution is -0.119. The largest absolute Gasteiger partial charge is 0.353 e. The van der Waals surface area contributed by atoms with Crippen LogP contribution in [0.5, 0.6) is 0 Å². The Bertz CT molecular complexity index is 1670. The second kappa shape index (κ2) is 12.2. The SMILES string of the molecule is CC(C)(C)c1ccc(Cn2c3ccccc3c3nnc(SCC(=O)NC4CCN(Cc5ccccc5)CC4)nc32)cc1. The molecule has 1 aliphatic heterocycles. The van der Waals surface area contributed by atoms with E-state index in [1.807, 2.05) is 12.1 Å². The van der Waals surface area contributed by atoms with Crippen molar-refractivity contribution in [3.05, 3.63) is 95.6 Å². The maximum absolute atomic E-state index is 12.8. The lowest BCUT2D eigenvalue weighted by atomic mass is 9.87. The zero-order chi connectivity index (χ0) is 29.1. The molecule has 0 saturated carbocycles. The van der Waals surface area contributed by atoms with E-state index in [0.717, 1.165) is 54.5 Å². The third-order valence-electron chi connectivity index (χ3n) is 8.05. The van der Waals surface area contributed by atoms with Crippen molar-refractivity contribution in [3.8, 4) is 0 Å². The summed E-state index contributed by atoms with van der Waals surface area (Å²) in [5.41, 5.74) is 6.61. The first-order valence-electron chi connectivity index (χ1n) is 14.7. The topological polar surface area (TPSA) is 75.9 Å². The standard InChI is InChI=1S/C34H38N6OS/c1-34(2,3)26-15-13-25(14-16-26)22-40-29-12-8-7-11-28(29)31-32(40)36-33(38-37-31)42-23-30(41)35-27-17-19-39(20-18-27)21-24-9-5-4-6-10-24/h4-16,27H,17-23H2,1-3H3,(H,35,41). The number of thioether (sulfide) groups is 1. The van der Waals surface area contributed by atoms with E-state index in [9.17, 15) is 4.79 Å². The Balaban J connectivity index is 1.11. The highest BCUT2D eigenvalue weighted by atomic mass is 32.2. The summed E-state index contributed by atoms with van der Waals surface area (Å²) >= 11 is 1.34. The molecule has 216 valence electrons. The molecule has 8 heteroatoms. The summed E-state index contributed by atoms with van der Waals surface area (Å²) in [6, 6.07) is 27.8. The minimum Gasteiger partial charge on any atom is -0.353 e. The zero-order valence-electron chi connectivity index (χ0n) is 24.6. The van der Waals surface area contributed by atoms with Gasteiger partial charge in [0.1, 0.15) is 5.52 Å². The number of piperidine rings is 1. The van der Waals surface area contributed by atoms with Gasteiger partial charge in [0.15, 0.2) is 5.65 Å². The minimum absolute atomic E-state index is 0.0182. The number of fused-ring (bicyclic) bond motifs is 3. The summed E-state index contributed by atoms with van der Waals surface area (Å²) in [5.74, 6) is 0.288. The first-order valence-corrected chi connectivity index (χ1v) is 15.7. The van der Waals surface area contributed by atoms with E-state index >= 15 is 0 Å². The van der Waals surface area contributed by atoms with Crippen molar-refractivity contribution < 1.29 is 4.79 Å². The van der Waals surface area contributed by atoms with Gasteiger partial charge < -0.3 is 9.88 Å². The normalized spacial score (nSPS) is 14.9. The van der Waals surface area contributed by atoms with E-state index in [4.69, 9.17) is 4.98 Å². The van der Waals surface area contributed by atoms with Gasteiger partial charge in [0.05, 0.1) is 11.3 Å². The Morgan fingerprint density at radius 1 is 0.881 bits per heavy atom. The van der Waals surface area contributed by atoms with Gasteiger partial charge in [-0.3, -0.25) is 9.69 Å². The number of likely N-dealkylation sites (tertiary alicyclic amines) is 1. The van der Waals surface area contributed by atoms with Gasteiger partial charge in [0.2, 0.25) is 11.1 Å². The highest BCUT2D eigenvalue weighted by molar-refractivity contribution is 7.99. The molecule has 5 aromatic rings. The Labute approximate surface area is 251 Å². The molecule has 1 fully saturated rings. The molecule has 0 bridgehead atoms. The van der Waals surface area contributed by atoms with Crippen molar-refractivity contribution in [1.29, 1.82) is 0 Å². The molecule has 6 rings (SSSR count).